The molecule has 3 aliphatic rings. The molecule has 1 aliphatic carbocycles. The average Bonchev–Trinajstić information content (AvgIpc) is 3.50. The zero-order chi connectivity index (χ0) is 34.1. The van der Waals surface area contributed by atoms with Crippen molar-refractivity contribution in [3.8, 4) is 23.0 Å². The van der Waals surface area contributed by atoms with Crippen molar-refractivity contribution < 1.29 is 52.9 Å². The van der Waals surface area contributed by atoms with Gasteiger partial charge in [0.15, 0.2) is 11.2 Å². The monoisotopic (exact) mass is 663 g/mol. The highest BCUT2D eigenvalue weighted by molar-refractivity contribution is 5.78. The number of hydrogen-bond acceptors (Lipinski definition) is 12. The Morgan fingerprint density at radius 2 is 1.77 bits per heavy atom. The number of esters is 1. The second kappa shape index (κ2) is 13.5. The van der Waals surface area contributed by atoms with E-state index in [1.165, 1.54) is 34.5 Å². The third-order valence-electron chi connectivity index (χ3n) is 9.29. The number of ether oxygens (including phenoxy) is 8. The number of azide groups is 1. The Labute approximate surface area is 276 Å². The van der Waals surface area contributed by atoms with Gasteiger partial charge in [-0.1, -0.05) is 47.6 Å². The number of carbonyl (C=O) groups is 1. The molecule has 1 saturated carbocycles. The summed E-state index contributed by atoms with van der Waals surface area (Å²) < 4.78 is 46.9. The normalized spacial score (nSPS) is 30.3. The lowest BCUT2D eigenvalue weighted by molar-refractivity contribution is -0.312. The molecule has 0 amide bonds. The van der Waals surface area contributed by atoms with E-state index >= 15 is 0 Å². The van der Waals surface area contributed by atoms with Crippen LogP contribution in [0.4, 0.5) is 0 Å². The van der Waals surface area contributed by atoms with E-state index in [0.29, 0.717) is 23.3 Å². The van der Waals surface area contributed by atoms with Crippen molar-refractivity contribution in [1.29, 1.82) is 0 Å². The van der Waals surface area contributed by atoms with Crippen molar-refractivity contribution in [1.82, 2.24) is 0 Å². The molecule has 0 bridgehead atoms. The molecule has 0 unspecified atom stereocenters. The van der Waals surface area contributed by atoms with Gasteiger partial charge in [0.1, 0.15) is 29.1 Å². The van der Waals surface area contributed by atoms with E-state index in [9.17, 15) is 15.0 Å². The van der Waals surface area contributed by atoms with Crippen molar-refractivity contribution in [3.63, 3.8) is 0 Å². The van der Waals surface area contributed by atoms with Gasteiger partial charge in [0, 0.05) is 36.6 Å². The summed E-state index contributed by atoms with van der Waals surface area (Å²) in [7, 11) is 5.64. The molecule has 2 fully saturated rings. The Balaban J connectivity index is 1.49. The molecule has 3 aromatic carbocycles. The number of aliphatic hydroxyl groups excluding tert-OH is 1. The van der Waals surface area contributed by atoms with Crippen LogP contribution in [-0.4, -0.2) is 82.6 Å². The largest absolute Gasteiger partial charge is 0.497 e. The molecule has 254 valence electrons. The first kappa shape index (κ1) is 33.3. The quantitative estimate of drug-likeness (QED) is 0.131. The molecule has 2 heterocycles. The van der Waals surface area contributed by atoms with Gasteiger partial charge in [-0.2, -0.15) is 0 Å². The predicted octanol–water partition coefficient (Wildman–Crippen LogP) is 3.92. The maximum absolute atomic E-state index is 13.5. The van der Waals surface area contributed by atoms with Gasteiger partial charge in [0.25, 0.3) is 6.29 Å². The fraction of sp³-hybridized carbons (Fsp3) is 0.441. The summed E-state index contributed by atoms with van der Waals surface area (Å²) in [6.07, 6.45) is -3.67. The highest BCUT2D eigenvalue weighted by Crippen LogP contribution is 2.70. The van der Waals surface area contributed by atoms with Crippen LogP contribution in [0.1, 0.15) is 29.0 Å². The van der Waals surface area contributed by atoms with Crippen molar-refractivity contribution in [2.75, 3.05) is 41.6 Å². The van der Waals surface area contributed by atoms with E-state index in [1.807, 2.05) is 30.3 Å². The van der Waals surface area contributed by atoms with Crippen LogP contribution in [0, 0.1) is 5.92 Å². The first-order chi connectivity index (χ1) is 23.3. The van der Waals surface area contributed by atoms with E-state index in [1.54, 1.807) is 30.3 Å². The Morgan fingerprint density at radius 1 is 1.02 bits per heavy atom. The van der Waals surface area contributed by atoms with Crippen molar-refractivity contribution in [2.45, 2.75) is 48.3 Å². The molecule has 6 rings (SSSR count). The average molecular weight is 664 g/mol. The third-order valence-corrected chi connectivity index (χ3v) is 9.29. The van der Waals surface area contributed by atoms with E-state index < -0.39 is 53.8 Å². The van der Waals surface area contributed by atoms with Gasteiger partial charge >= 0.3 is 5.97 Å². The van der Waals surface area contributed by atoms with Crippen LogP contribution in [0.15, 0.2) is 71.8 Å². The molecule has 1 saturated heterocycles. The summed E-state index contributed by atoms with van der Waals surface area (Å²) in [4.78, 5) is 16.3. The molecular formula is C34H37N3O11. The highest BCUT2D eigenvalue weighted by atomic mass is 16.8. The Hall–Kier alpha value is -4.56. The minimum atomic E-state index is -2.23. The number of rotatable bonds is 11. The maximum atomic E-state index is 13.5. The zero-order valence-corrected chi connectivity index (χ0v) is 26.8. The highest BCUT2D eigenvalue weighted by Gasteiger charge is 2.78. The summed E-state index contributed by atoms with van der Waals surface area (Å²) in [5.41, 5.74) is 5.88. The topological polar surface area (TPSA) is 180 Å². The van der Waals surface area contributed by atoms with E-state index in [2.05, 4.69) is 10.0 Å². The first-order valence-corrected chi connectivity index (χ1v) is 15.3. The number of nitrogens with zero attached hydrogens (tertiary/aromatic N) is 3. The van der Waals surface area contributed by atoms with E-state index in [4.69, 9.17) is 43.4 Å². The number of hydrogen-bond donors (Lipinski definition) is 2. The molecule has 0 aromatic heterocycles. The van der Waals surface area contributed by atoms with E-state index in [-0.39, 0.29) is 36.0 Å². The molecule has 3 aromatic rings. The van der Waals surface area contributed by atoms with Crippen LogP contribution in [0.2, 0.25) is 0 Å². The summed E-state index contributed by atoms with van der Waals surface area (Å²) in [5.74, 6) is -1.84. The van der Waals surface area contributed by atoms with Gasteiger partial charge in [-0.25, -0.2) is 0 Å². The van der Waals surface area contributed by atoms with Crippen LogP contribution in [-0.2, 0) is 34.9 Å². The Morgan fingerprint density at radius 3 is 2.42 bits per heavy atom. The van der Waals surface area contributed by atoms with Gasteiger partial charge in [-0.15, -0.1) is 0 Å². The Kier molecular flexibility index (Phi) is 9.39. The summed E-state index contributed by atoms with van der Waals surface area (Å²) in [6, 6.07) is 19.0. The molecule has 0 radical (unpaired) electrons. The minimum Gasteiger partial charge on any atom is -0.497 e. The van der Waals surface area contributed by atoms with Gasteiger partial charge in [-0.3, -0.25) is 4.79 Å². The van der Waals surface area contributed by atoms with Gasteiger partial charge < -0.3 is 48.1 Å². The summed E-state index contributed by atoms with van der Waals surface area (Å²) in [5, 5.41) is 28.7. The molecule has 2 N–H and O–H groups in total. The van der Waals surface area contributed by atoms with Gasteiger partial charge in [0.2, 0.25) is 6.29 Å². The number of fused-ring (bicyclic) bond motifs is 3. The second-order valence-corrected chi connectivity index (χ2v) is 11.6. The molecule has 0 spiro atoms. The van der Waals surface area contributed by atoms with Crippen LogP contribution < -0.4 is 18.9 Å². The molecule has 14 heteroatoms. The number of benzene rings is 3. The summed E-state index contributed by atoms with van der Waals surface area (Å²) >= 11 is 0. The lowest BCUT2D eigenvalue weighted by Gasteiger charge is -2.40. The molecule has 48 heavy (non-hydrogen) atoms. The molecule has 2 aliphatic heterocycles. The standard InChI is InChI=1S/C34H37N3O11/c1-41-21-12-10-20(11-13-21)34-27(19-8-6-5-7-9-19)26(30(39)43-3)29(38)33(34,40)28-24(42-2)16-23(17-25(28)48-34)47-32-31(44-4)45-18-22(46-32)14-15-36-37-35/h5-13,16-17,22,26-27,29,31-32,38,40H,14-15,18H2,1-4H3/t22-,26+,27+,29+,31+,32-,33-,34-/m0/s1. The minimum absolute atomic E-state index is 0.127. The van der Waals surface area contributed by atoms with Crippen LogP contribution >= 0.6 is 0 Å². The summed E-state index contributed by atoms with van der Waals surface area (Å²) in [6.45, 7) is 0.409. The number of aliphatic hydroxyl groups is 2. The second-order valence-electron chi connectivity index (χ2n) is 11.6. The van der Waals surface area contributed by atoms with Crippen molar-refractivity contribution in [2.24, 2.45) is 11.0 Å². The molecule has 14 nitrogen and oxygen atoms in total. The number of methoxy groups -OCH3 is 4. The van der Waals surface area contributed by atoms with Crippen LogP contribution in [0.25, 0.3) is 10.4 Å². The SMILES string of the molecule is COC(=O)[C@H]1[C@@H](O)[C@@]2(O)c3c(OC)cc(O[C@@H]4O[C@@H](CCN=[N+]=[N-])CO[C@H]4OC)cc3O[C@@]2(c2ccc(OC)cc2)[C@@H]1c1ccccc1. The molecular weight excluding hydrogens is 626 g/mol. The van der Waals surface area contributed by atoms with E-state index in [0.717, 1.165) is 0 Å². The van der Waals surface area contributed by atoms with Crippen LogP contribution in [0.5, 0.6) is 23.0 Å². The fourth-order valence-corrected chi connectivity index (χ4v) is 7.22. The maximum Gasteiger partial charge on any atom is 0.312 e. The Bertz CT molecular complexity index is 1670. The third kappa shape index (κ3) is 5.27. The van der Waals surface area contributed by atoms with Crippen LogP contribution in [0.3, 0.4) is 0 Å². The molecule has 8 atom stereocenters. The predicted molar refractivity (Wildman–Crippen MR) is 168 cm³/mol. The van der Waals surface area contributed by atoms with Crippen molar-refractivity contribution in [3.05, 3.63) is 93.9 Å². The first-order valence-electron chi connectivity index (χ1n) is 15.3. The van der Waals surface area contributed by atoms with Gasteiger partial charge in [-0.05, 0) is 35.2 Å². The fourth-order valence-electron chi connectivity index (χ4n) is 7.22. The zero-order valence-electron chi connectivity index (χ0n) is 26.8. The van der Waals surface area contributed by atoms with Crippen molar-refractivity contribution >= 4 is 5.97 Å². The smallest absolute Gasteiger partial charge is 0.312 e. The van der Waals surface area contributed by atoms with Gasteiger partial charge in [0.05, 0.1) is 45.5 Å². The lowest BCUT2D eigenvalue weighted by atomic mass is 9.70. The number of carbonyl (C=O) groups excluding carboxylic acids is 1. The lowest BCUT2D eigenvalue weighted by Crippen LogP contribution is -2.52.